The average Bonchev–Trinajstić information content (AvgIpc) is 2.49. The molecular formula is C17H24FNS. The molecule has 1 N–H and O–H groups in total. The molecule has 20 heavy (non-hydrogen) atoms. The van der Waals surface area contributed by atoms with Gasteiger partial charge in [0, 0.05) is 17.0 Å². The second-order valence-electron chi connectivity index (χ2n) is 6.20. The molecule has 0 bridgehead atoms. The van der Waals surface area contributed by atoms with Crippen molar-refractivity contribution in [2.45, 2.75) is 62.4 Å². The normalized spacial score (nSPS) is 25.2. The standard InChI is InChI=1S/C17H24FNS/c1-12(13-6-3-2-4-7-13)19-16-10-11-20-17-14(16)8-5-9-15(17)18/h5,8-9,12-13,16,19H,2-4,6-7,10-11H2,1H3/t12-,16?/m1/s1. The first kappa shape index (κ1) is 14.4. The highest BCUT2D eigenvalue weighted by molar-refractivity contribution is 7.99. The van der Waals surface area contributed by atoms with E-state index in [1.807, 2.05) is 6.07 Å². The summed E-state index contributed by atoms with van der Waals surface area (Å²) in [6, 6.07) is 6.40. The van der Waals surface area contributed by atoms with Crippen LogP contribution in [0.1, 0.15) is 57.1 Å². The lowest BCUT2D eigenvalue weighted by atomic mass is 9.84. The summed E-state index contributed by atoms with van der Waals surface area (Å²) < 4.78 is 13.9. The molecule has 1 aliphatic carbocycles. The predicted molar refractivity (Wildman–Crippen MR) is 83.7 cm³/mol. The van der Waals surface area contributed by atoms with Crippen LogP contribution < -0.4 is 5.32 Å². The molecule has 0 amide bonds. The number of rotatable bonds is 3. The molecule has 2 aliphatic rings. The van der Waals surface area contributed by atoms with Crippen molar-refractivity contribution in [3.8, 4) is 0 Å². The third-order valence-electron chi connectivity index (χ3n) is 4.85. The largest absolute Gasteiger partial charge is 0.307 e. The Bertz CT molecular complexity index is 456. The van der Waals surface area contributed by atoms with Gasteiger partial charge in [-0.1, -0.05) is 31.4 Å². The van der Waals surface area contributed by atoms with E-state index in [4.69, 9.17) is 0 Å². The summed E-state index contributed by atoms with van der Waals surface area (Å²) in [5, 5.41) is 3.79. The number of thioether (sulfide) groups is 1. The van der Waals surface area contributed by atoms with E-state index >= 15 is 0 Å². The Hall–Kier alpha value is -0.540. The lowest BCUT2D eigenvalue weighted by Crippen LogP contribution is -2.38. The second kappa shape index (κ2) is 6.48. The van der Waals surface area contributed by atoms with Gasteiger partial charge in [-0.25, -0.2) is 4.39 Å². The van der Waals surface area contributed by atoms with Crippen molar-refractivity contribution in [1.82, 2.24) is 5.32 Å². The third-order valence-corrected chi connectivity index (χ3v) is 6.01. The molecule has 1 nitrogen and oxygen atoms in total. The van der Waals surface area contributed by atoms with Gasteiger partial charge in [0.2, 0.25) is 0 Å². The highest BCUT2D eigenvalue weighted by Crippen LogP contribution is 2.38. The van der Waals surface area contributed by atoms with Crippen molar-refractivity contribution < 1.29 is 4.39 Å². The van der Waals surface area contributed by atoms with E-state index in [9.17, 15) is 4.39 Å². The molecule has 1 unspecified atom stereocenters. The van der Waals surface area contributed by atoms with E-state index in [1.165, 1.54) is 37.7 Å². The summed E-state index contributed by atoms with van der Waals surface area (Å²) in [5.41, 5.74) is 1.17. The molecule has 3 heteroatoms. The first-order chi connectivity index (χ1) is 9.75. The van der Waals surface area contributed by atoms with Crippen LogP contribution in [0.4, 0.5) is 4.39 Å². The van der Waals surface area contributed by atoms with Crippen LogP contribution in [0.25, 0.3) is 0 Å². The van der Waals surface area contributed by atoms with E-state index in [2.05, 4.69) is 18.3 Å². The van der Waals surface area contributed by atoms with Gasteiger partial charge in [0.25, 0.3) is 0 Å². The summed E-state index contributed by atoms with van der Waals surface area (Å²) in [6.07, 6.45) is 7.97. The smallest absolute Gasteiger partial charge is 0.137 e. The van der Waals surface area contributed by atoms with Crippen LogP contribution in [-0.4, -0.2) is 11.8 Å². The minimum Gasteiger partial charge on any atom is -0.307 e. The van der Waals surface area contributed by atoms with Crippen molar-refractivity contribution in [1.29, 1.82) is 0 Å². The molecule has 1 aromatic rings. The average molecular weight is 293 g/mol. The molecule has 0 spiro atoms. The zero-order valence-electron chi connectivity index (χ0n) is 12.2. The fraction of sp³-hybridized carbons (Fsp3) is 0.647. The Kier molecular flexibility index (Phi) is 4.67. The van der Waals surface area contributed by atoms with Gasteiger partial charge in [0.15, 0.2) is 0 Å². The van der Waals surface area contributed by atoms with Gasteiger partial charge in [0.1, 0.15) is 5.82 Å². The molecule has 0 aromatic heterocycles. The number of hydrogen-bond acceptors (Lipinski definition) is 2. The first-order valence-corrected chi connectivity index (χ1v) is 8.91. The Morgan fingerprint density at radius 2 is 2.00 bits per heavy atom. The molecule has 1 heterocycles. The monoisotopic (exact) mass is 293 g/mol. The van der Waals surface area contributed by atoms with Gasteiger partial charge in [0.05, 0.1) is 0 Å². The Morgan fingerprint density at radius 3 is 2.80 bits per heavy atom. The Morgan fingerprint density at radius 1 is 1.20 bits per heavy atom. The number of hydrogen-bond donors (Lipinski definition) is 1. The predicted octanol–water partition coefficient (Wildman–Crippen LogP) is 4.92. The molecule has 1 aromatic carbocycles. The Balaban J connectivity index is 1.71. The summed E-state index contributed by atoms with van der Waals surface area (Å²) in [6.45, 7) is 2.32. The quantitative estimate of drug-likeness (QED) is 0.849. The third kappa shape index (κ3) is 3.04. The van der Waals surface area contributed by atoms with Crippen LogP contribution in [-0.2, 0) is 0 Å². The number of benzene rings is 1. The summed E-state index contributed by atoms with van der Waals surface area (Å²) in [4.78, 5) is 0.868. The van der Waals surface area contributed by atoms with Crippen LogP contribution in [0.3, 0.4) is 0 Å². The fourth-order valence-electron chi connectivity index (χ4n) is 3.65. The maximum absolute atomic E-state index is 13.9. The lowest BCUT2D eigenvalue weighted by molar-refractivity contribution is 0.261. The van der Waals surface area contributed by atoms with Gasteiger partial charge in [-0.3, -0.25) is 0 Å². The van der Waals surface area contributed by atoms with E-state index in [-0.39, 0.29) is 5.82 Å². The highest BCUT2D eigenvalue weighted by Gasteiger charge is 2.27. The molecule has 2 atom stereocenters. The molecule has 1 fully saturated rings. The van der Waals surface area contributed by atoms with Crippen LogP contribution in [0.15, 0.2) is 23.1 Å². The maximum atomic E-state index is 13.9. The topological polar surface area (TPSA) is 12.0 Å². The molecule has 0 saturated heterocycles. The van der Waals surface area contributed by atoms with Gasteiger partial charge >= 0.3 is 0 Å². The highest BCUT2D eigenvalue weighted by atomic mass is 32.2. The summed E-state index contributed by atoms with van der Waals surface area (Å²) >= 11 is 1.67. The van der Waals surface area contributed by atoms with Gasteiger partial charge in [-0.2, -0.15) is 0 Å². The SMILES string of the molecule is C[C@@H](NC1CCSc2c(F)cccc21)C1CCCCC1. The Labute approximate surface area is 125 Å². The number of halogens is 1. The number of nitrogens with one attached hydrogen (secondary N) is 1. The lowest BCUT2D eigenvalue weighted by Gasteiger charge is -2.34. The number of fused-ring (bicyclic) bond motifs is 1. The van der Waals surface area contributed by atoms with Crippen LogP contribution >= 0.6 is 11.8 Å². The van der Waals surface area contributed by atoms with Crippen molar-refractivity contribution in [2.24, 2.45) is 5.92 Å². The molecular weight excluding hydrogens is 269 g/mol. The van der Waals surface area contributed by atoms with Gasteiger partial charge in [-0.15, -0.1) is 11.8 Å². The molecule has 3 rings (SSSR count). The van der Waals surface area contributed by atoms with Gasteiger partial charge in [-0.05, 0) is 49.5 Å². The minimum absolute atomic E-state index is 0.0516. The molecule has 1 saturated carbocycles. The van der Waals surface area contributed by atoms with Gasteiger partial charge < -0.3 is 5.32 Å². The van der Waals surface area contributed by atoms with Crippen LogP contribution in [0.2, 0.25) is 0 Å². The maximum Gasteiger partial charge on any atom is 0.137 e. The van der Waals surface area contributed by atoms with E-state index < -0.39 is 0 Å². The van der Waals surface area contributed by atoms with Crippen LogP contribution in [0.5, 0.6) is 0 Å². The van der Waals surface area contributed by atoms with Crippen molar-refractivity contribution in [2.75, 3.05) is 5.75 Å². The summed E-state index contributed by atoms with van der Waals surface area (Å²) in [7, 11) is 0. The van der Waals surface area contributed by atoms with Crippen molar-refractivity contribution in [3.05, 3.63) is 29.6 Å². The van der Waals surface area contributed by atoms with E-state index in [0.29, 0.717) is 12.1 Å². The van der Waals surface area contributed by atoms with Crippen LogP contribution in [0, 0.1) is 11.7 Å². The second-order valence-corrected chi connectivity index (χ2v) is 7.31. The first-order valence-electron chi connectivity index (χ1n) is 7.93. The minimum atomic E-state index is -0.0516. The van der Waals surface area contributed by atoms with Crippen molar-refractivity contribution in [3.63, 3.8) is 0 Å². The molecule has 110 valence electrons. The molecule has 1 aliphatic heterocycles. The molecule has 0 radical (unpaired) electrons. The zero-order chi connectivity index (χ0) is 13.9. The van der Waals surface area contributed by atoms with E-state index in [1.54, 1.807) is 17.8 Å². The van der Waals surface area contributed by atoms with E-state index in [0.717, 1.165) is 23.0 Å². The zero-order valence-corrected chi connectivity index (χ0v) is 13.0. The summed E-state index contributed by atoms with van der Waals surface area (Å²) in [5.74, 6) is 1.77. The fourth-order valence-corrected chi connectivity index (χ4v) is 4.79. The van der Waals surface area contributed by atoms with Crippen molar-refractivity contribution >= 4 is 11.8 Å².